The molecule has 1 aromatic rings. The average molecular weight is 356 g/mol. The molecule has 0 aromatic heterocycles. The van der Waals surface area contributed by atoms with Gasteiger partial charge < -0.3 is 14.4 Å². The molecule has 0 fully saturated rings. The Kier molecular flexibility index (Phi) is 5.58. The molecule has 1 aliphatic rings. The van der Waals surface area contributed by atoms with E-state index in [1.807, 2.05) is 13.8 Å². The second-order valence-electron chi connectivity index (χ2n) is 5.57. The summed E-state index contributed by atoms with van der Waals surface area (Å²) in [5.41, 5.74) is 0.384. The molecule has 1 heterocycles. The van der Waals surface area contributed by atoms with Crippen LogP contribution in [0.2, 0.25) is 0 Å². The molecule has 1 aromatic carbocycles. The minimum Gasteiger partial charge on any atom is -0.486 e. The Balaban J connectivity index is 2.41. The number of benzene rings is 1. The van der Waals surface area contributed by atoms with Crippen molar-refractivity contribution in [2.75, 3.05) is 36.9 Å². The van der Waals surface area contributed by atoms with Gasteiger partial charge in [-0.05, 0) is 32.9 Å². The van der Waals surface area contributed by atoms with Gasteiger partial charge in [0.05, 0.1) is 11.9 Å². The third-order valence-corrected chi connectivity index (χ3v) is 5.16. The van der Waals surface area contributed by atoms with Crippen LogP contribution in [0.15, 0.2) is 18.2 Å². The molecule has 8 heteroatoms. The lowest BCUT2D eigenvalue weighted by molar-refractivity contribution is -0.131. The van der Waals surface area contributed by atoms with E-state index in [1.54, 1.807) is 30.0 Å². The topological polar surface area (TPSA) is 76.2 Å². The van der Waals surface area contributed by atoms with Crippen molar-refractivity contribution in [3.05, 3.63) is 18.2 Å². The van der Waals surface area contributed by atoms with E-state index in [-0.39, 0.29) is 5.91 Å². The smallest absolute Gasteiger partial charge is 0.246 e. The van der Waals surface area contributed by atoms with Gasteiger partial charge in [0.2, 0.25) is 15.9 Å². The van der Waals surface area contributed by atoms with Crippen LogP contribution in [0.5, 0.6) is 11.5 Å². The standard InChI is InChI=1S/C16H24N2O5S/c1-5-17(6-2)16(19)12(3)18(24(4,20)21)13-7-8-14-15(11-13)23-10-9-22-14/h7-8,11-12H,5-6,9-10H2,1-4H3/t12-/m0/s1. The van der Waals surface area contributed by atoms with E-state index in [0.29, 0.717) is 43.5 Å². The Hall–Kier alpha value is -1.96. The van der Waals surface area contributed by atoms with E-state index in [2.05, 4.69) is 0 Å². The minimum absolute atomic E-state index is 0.236. The molecule has 0 N–H and O–H groups in total. The number of ether oxygens (including phenoxy) is 2. The Morgan fingerprint density at radius 3 is 2.29 bits per heavy atom. The highest BCUT2D eigenvalue weighted by Gasteiger charge is 2.32. The Labute approximate surface area is 143 Å². The first-order valence-electron chi connectivity index (χ1n) is 7.97. The van der Waals surface area contributed by atoms with E-state index in [0.717, 1.165) is 10.6 Å². The number of likely N-dealkylation sites (N-methyl/N-ethyl adjacent to an activating group) is 1. The number of hydrogen-bond donors (Lipinski definition) is 0. The predicted octanol–water partition coefficient (Wildman–Crippen LogP) is 1.48. The number of anilines is 1. The van der Waals surface area contributed by atoms with Gasteiger partial charge in [0.25, 0.3) is 0 Å². The molecule has 1 amide bonds. The zero-order valence-electron chi connectivity index (χ0n) is 14.5. The molecule has 24 heavy (non-hydrogen) atoms. The van der Waals surface area contributed by atoms with Crippen molar-refractivity contribution in [2.45, 2.75) is 26.8 Å². The van der Waals surface area contributed by atoms with Crippen LogP contribution in [0.3, 0.4) is 0 Å². The second kappa shape index (κ2) is 7.29. The molecule has 0 saturated heterocycles. The fraction of sp³-hybridized carbons (Fsp3) is 0.562. The van der Waals surface area contributed by atoms with Gasteiger partial charge in [0, 0.05) is 19.2 Å². The monoisotopic (exact) mass is 356 g/mol. The number of amides is 1. The molecule has 0 saturated carbocycles. The molecular formula is C16H24N2O5S. The summed E-state index contributed by atoms with van der Waals surface area (Å²) in [4.78, 5) is 14.2. The van der Waals surface area contributed by atoms with Crippen LogP contribution in [0.4, 0.5) is 5.69 Å². The molecule has 7 nitrogen and oxygen atoms in total. The van der Waals surface area contributed by atoms with Crippen molar-refractivity contribution in [3.63, 3.8) is 0 Å². The summed E-state index contributed by atoms with van der Waals surface area (Å²) in [5, 5.41) is 0. The van der Waals surface area contributed by atoms with Gasteiger partial charge >= 0.3 is 0 Å². The van der Waals surface area contributed by atoms with Gasteiger partial charge in [-0.2, -0.15) is 0 Å². The summed E-state index contributed by atoms with van der Waals surface area (Å²) < 4.78 is 36.8. The first kappa shape index (κ1) is 18.4. The molecule has 0 spiro atoms. The summed E-state index contributed by atoms with van der Waals surface area (Å²) in [6, 6.07) is 4.04. The molecule has 134 valence electrons. The Bertz CT molecular complexity index is 700. The minimum atomic E-state index is -3.65. The van der Waals surface area contributed by atoms with Crippen molar-refractivity contribution in [3.8, 4) is 11.5 Å². The van der Waals surface area contributed by atoms with Crippen LogP contribution in [0.25, 0.3) is 0 Å². The molecule has 1 atom stereocenters. The van der Waals surface area contributed by atoms with E-state index in [9.17, 15) is 13.2 Å². The number of carbonyl (C=O) groups is 1. The van der Waals surface area contributed by atoms with Gasteiger partial charge in [0.1, 0.15) is 19.3 Å². The van der Waals surface area contributed by atoms with Gasteiger partial charge in [-0.25, -0.2) is 8.42 Å². The predicted molar refractivity (Wildman–Crippen MR) is 92.1 cm³/mol. The lowest BCUT2D eigenvalue weighted by Crippen LogP contribution is -2.49. The zero-order chi connectivity index (χ0) is 17.9. The Morgan fingerprint density at radius 2 is 1.75 bits per heavy atom. The zero-order valence-corrected chi connectivity index (χ0v) is 15.3. The second-order valence-corrected chi connectivity index (χ2v) is 7.43. The van der Waals surface area contributed by atoms with Crippen LogP contribution in [-0.4, -0.2) is 57.8 Å². The number of fused-ring (bicyclic) bond motifs is 1. The maximum absolute atomic E-state index is 12.6. The lowest BCUT2D eigenvalue weighted by atomic mass is 10.2. The third kappa shape index (κ3) is 3.75. The highest BCUT2D eigenvalue weighted by Crippen LogP contribution is 2.35. The first-order valence-corrected chi connectivity index (χ1v) is 9.82. The largest absolute Gasteiger partial charge is 0.486 e. The molecule has 0 bridgehead atoms. The maximum Gasteiger partial charge on any atom is 0.246 e. The molecule has 1 aliphatic heterocycles. The van der Waals surface area contributed by atoms with Crippen LogP contribution < -0.4 is 13.8 Å². The molecule has 2 rings (SSSR count). The summed E-state index contributed by atoms with van der Waals surface area (Å²) in [5.74, 6) is 0.816. The third-order valence-electron chi connectivity index (χ3n) is 3.92. The van der Waals surface area contributed by atoms with Crippen LogP contribution in [0.1, 0.15) is 20.8 Å². The van der Waals surface area contributed by atoms with Gasteiger partial charge in [-0.1, -0.05) is 0 Å². The van der Waals surface area contributed by atoms with Crippen LogP contribution in [-0.2, 0) is 14.8 Å². The highest BCUT2D eigenvalue weighted by molar-refractivity contribution is 7.92. The maximum atomic E-state index is 12.6. The van der Waals surface area contributed by atoms with Crippen molar-refractivity contribution in [1.29, 1.82) is 0 Å². The first-order chi connectivity index (χ1) is 11.3. The summed E-state index contributed by atoms with van der Waals surface area (Å²) >= 11 is 0. The van der Waals surface area contributed by atoms with Gasteiger partial charge in [-0.3, -0.25) is 9.10 Å². The van der Waals surface area contributed by atoms with Crippen molar-refractivity contribution in [1.82, 2.24) is 4.90 Å². The number of rotatable bonds is 6. The normalized spacial score (nSPS) is 14.8. The molecular weight excluding hydrogens is 332 g/mol. The summed E-state index contributed by atoms with van der Waals surface area (Å²) in [7, 11) is -3.65. The molecule has 0 unspecified atom stereocenters. The molecule has 0 aliphatic carbocycles. The van der Waals surface area contributed by atoms with E-state index in [4.69, 9.17) is 9.47 Å². The van der Waals surface area contributed by atoms with Gasteiger partial charge in [-0.15, -0.1) is 0 Å². The number of carbonyl (C=O) groups excluding carboxylic acids is 1. The Morgan fingerprint density at radius 1 is 1.17 bits per heavy atom. The number of nitrogens with zero attached hydrogens (tertiary/aromatic N) is 2. The number of sulfonamides is 1. The molecule has 0 radical (unpaired) electrons. The average Bonchev–Trinajstić information content (AvgIpc) is 2.54. The van der Waals surface area contributed by atoms with E-state index in [1.165, 1.54) is 0 Å². The summed E-state index contributed by atoms with van der Waals surface area (Å²) in [6.45, 7) is 7.24. The lowest BCUT2D eigenvalue weighted by Gasteiger charge is -2.32. The SMILES string of the molecule is CCN(CC)C(=O)[C@H](C)N(c1ccc2c(c1)OCCO2)S(C)(=O)=O. The fourth-order valence-corrected chi connectivity index (χ4v) is 3.93. The quantitative estimate of drug-likeness (QED) is 0.772. The number of hydrogen-bond acceptors (Lipinski definition) is 5. The van der Waals surface area contributed by atoms with E-state index < -0.39 is 16.1 Å². The van der Waals surface area contributed by atoms with Crippen molar-refractivity contribution in [2.24, 2.45) is 0 Å². The van der Waals surface area contributed by atoms with Gasteiger partial charge in [0.15, 0.2) is 11.5 Å². The van der Waals surface area contributed by atoms with Crippen LogP contribution in [0, 0.1) is 0 Å². The van der Waals surface area contributed by atoms with Crippen molar-refractivity contribution >= 4 is 21.6 Å². The fourth-order valence-electron chi connectivity index (χ4n) is 2.77. The summed E-state index contributed by atoms with van der Waals surface area (Å²) in [6.07, 6.45) is 1.09. The highest BCUT2D eigenvalue weighted by atomic mass is 32.2. The van der Waals surface area contributed by atoms with Crippen LogP contribution >= 0.6 is 0 Å². The van der Waals surface area contributed by atoms with Crippen molar-refractivity contribution < 1.29 is 22.7 Å². The van der Waals surface area contributed by atoms with E-state index >= 15 is 0 Å².